The molecule has 0 aliphatic rings. The topological polar surface area (TPSA) is 43.8 Å². The summed E-state index contributed by atoms with van der Waals surface area (Å²) in [5.74, 6) is 1.04. The van der Waals surface area contributed by atoms with Crippen LogP contribution in [0.2, 0.25) is 0 Å². The Morgan fingerprint density at radius 2 is 2.17 bits per heavy atom. The lowest BCUT2D eigenvalue weighted by atomic mass is 10.1. The van der Waals surface area contributed by atoms with Crippen LogP contribution in [0.4, 0.5) is 4.39 Å². The van der Waals surface area contributed by atoms with Gasteiger partial charge in [-0.3, -0.25) is 0 Å². The highest BCUT2D eigenvalue weighted by Crippen LogP contribution is 2.23. The average molecular weight is 247 g/mol. The average Bonchev–Trinajstić information content (AvgIpc) is 2.79. The van der Waals surface area contributed by atoms with Gasteiger partial charge in [-0.1, -0.05) is 26.0 Å². The van der Waals surface area contributed by atoms with E-state index in [2.05, 4.69) is 18.8 Å². The zero-order valence-corrected chi connectivity index (χ0v) is 10.7. The fraction of sp³-hybridized carbons (Fsp3) is 0.357. The van der Waals surface area contributed by atoms with Gasteiger partial charge < -0.3 is 10.3 Å². The number of benzene rings is 1. The summed E-state index contributed by atoms with van der Waals surface area (Å²) in [6.07, 6.45) is 3.66. The Labute approximate surface area is 106 Å². The van der Waals surface area contributed by atoms with Gasteiger partial charge in [0.05, 0.1) is 6.04 Å². The number of halogens is 1. The van der Waals surface area contributed by atoms with E-state index in [1.165, 1.54) is 12.1 Å². The van der Waals surface area contributed by atoms with Gasteiger partial charge in [0.15, 0.2) is 0 Å². The maximum Gasteiger partial charge on any atom is 0.123 e. The summed E-state index contributed by atoms with van der Waals surface area (Å²) < 4.78 is 15.3. The van der Waals surface area contributed by atoms with E-state index in [0.29, 0.717) is 12.5 Å². The molecule has 1 aromatic heterocycles. The van der Waals surface area contributed by atoms with Crippen LogP contribution in [0.3, 0.4) is 0 Å². The SMILES string of the molecule is CC(C)c1nccn1C(CN)c1cccc(F)c1. The Morgan fingerprint density at radius 3 is 2.78 bits per heavy atom. The Hall–Kier alpha value is -1.68. The molecule has 4 heteroatoms. The fourth-order valence-corrected chi connectivity index (χ4v) is 2.16. The minimum atomic E-state index is -0.239. The molecule has 1 aromatic carbocycles. The van der Waals surface area contributed by atoms with Gasteiger partial charge in [0.2, 0.25) is 0 Å². The van der Waals surface area contributed by atoms with Gasteiger partial charge in [0.1, 0.15) is 11.6 Å². The molecule has 1 unspecified atom stereocenters. The molecule has 2 aromatic rings. The summed E-state index contributed by atoms with van der Waals surface area (Å²) in [6, 6.07) is 6.50. The van der Waals surface area contributed by atoms with Gasteiger partial charge >= 0.3 is 0 Å². The van der Waals surface area contributed by atoms with E-state index in [4.69, 9.17) is 5.73 Å². The zero-order valence-electron chi connectivity index (χ0n) is 10.7. The first-order valence-corrected chi connectivity index (χ1v) is 6.11. The molecule has 0 saturated heterocycles. The first-order chi connectivity index (χ1) is 8.63. The number of hydrogen-bond acceptors (Lipinski definition) is 2. The number of rotatable bonds is 4. The molecule has 1 atom stereocenters. The van der Waals surface area contributed by atoms with Crippen molar-refractivity contribution in [3.63, 3.8) is 0 Å². The molecule has 0 bridgehead atoms. The third-order valence-electron chi connectivity index (χ3n) is 3.01. The third kappa shape index (κ3) is 2.43. The van der Waals surface area contributed by atoms with Crippen molar-refractivity contribution in [1.29, 1.82) is 0 Å². The molecule has 0 aliphatic heterocycles. The van der Waals surface area contributed by atoms with Gasteiger partial charge in [0, 0.05) is 24.9 Å². The van der Waals surface area contributed by atoms with Crippen LogP contribution in [-0.2, 0) is 0 Å². The van der Waals surface area contributed by atoms with Crippen molar-refractivity contribution in [2.75, 3.05) is 6.54 Å². The highest BCUT2D eigenvalue weighted by molar-refractivity contribution is 5.22. The van der Waals surface area contributed by atoms with Crippen molar-refractivity contribution in [3.8, 4) is 0 Å². The third-order valence-corrected chi connectivity index (χ3v) is 3.01. The summed E-state index contributed by atoms with van der Waals surface area (Å²) in [5, 5.41) is 0. The predicted octanol–water partition coefficient (Wildman–Crippen LogP) is 2.69. The van der Waals surface area contributed by atoms with Crippen molar-refractivity contribution in [3.05, 3.63) is 53.9 Å². The van der Waals surface area contributed by atoms with E-state index in [9.17, 15) is 4.39 Å². The molecule has 0 aliphatic carbocycles. The van der Waals surface area contributed by atoms with Gasteiger partial charge in [-0.25, -0.2) is 9.37 Å². The highest BCUT2D eigenvalue weighted by atomic mass is 19.1. The molecular weight excluding hydrogens is 229 g/mol. The number of nitrogens with two attached hydrogens (primary N) is 1. The highest BCUT2D eigenvalue weighted by Gasteiger charge is 2.17. The molecule has 2 N–H and O–H groups in total. The van der Waals surface area contributed by atoms with Crippen LogP contribution in [0.1, 0.15) is 37.2 Å². The van der Waals surface area contributed by atoms with E-state index < -0.39 is 0 Å². The molecule has 2 rings (SSSR count). The Morgan fingerprint density at radius 1 is 1.39 bits per heavy atom. The Balaban J connectivity index is 2.42. The fourth-order valence-electron chi connectivity index (χ4n) is 2.16. The smallest absolute Gasteiger partial charge is 0.123 e. The van der Waals surface area contributed by atoms with E-state index >= 15 is 0 Å². The predicted molar refractivity (Wildman–Crippen MR) is 69.9 cm³/mol. The van der Waals surface area contributed by atoms with Crippen LogP contribution in [0.25, 0.3) is 0 Å². The van der Waals surface area contributed by atoms with Crippen LogP contribution in [-0.4, -0.2) is 16.1 Å². The molecular formula is C14H18FN3. The summed E-state index contributed by atoms with van der Waals surface area (Å²) in [4.78, 5) is 4.35. The summed E-state index contributed by atoms with van der Waals surface area (Å²) in [7, 11) is 0. The van der Waals surface area contributed by atoms with Gasteiger partial charge in [0.25, 0.3) is 0 Å². The maximum absolute atomic E-state index is 13.3. The molecule has 0 radical (unpaired) electrons. The largest absolute Gasteiger partial charge is 0.328 e. The molecule has 18 heavy (non-hydrogen) atoms. The monoisotopic (exact) mass is 247 g/mol. The van der Waals surface area contributed by atoms with Crippen molar-refractivity contribution < 1.29 is 4.39 Å². The van der Waals surface area contributed by atoms with Gasteiger partial charge in [-0.15, -0.1) is 0 Å². The molecule has 1 heterocycles. The first kappa shape index (κ1) is 12.8. The molecule has 0 fully saturated rings. The second-order valence-corrected chi connectivity index (χ2v) is 4.65. The lowest BCUT2D eigenvalue weighted by Gasteiger charge is -2.21. The standard InChI is InChI=1S/C14H18FN3/c1-10(2)14-17-6-7-18(14)13(9-16)11-4-3-5-12(15)8-11/h3-8,10,13H,9,16H2,1-2H3. The lowest BCUT2D eigenvalue weighted by Crippen LogP contribution is -2.22. The van der Waals surface area contributed by atoms with E-state index in [1.54, 1.807) is 12.3 Å². The summed E-state index contributed by atoms with van der Waals surface area (Å²) in [5.41, 5.74) is 6.72. The summed E-state index contributed by atoms with van der Waals surface area (Å²) >= 11 is 0. The normalized spacial score (nSPS) is 12.9. The number of aromatic nitrogens is 2. The van der Waals surface area contributed by atoms with Gasteiger partial charge in [-0.2, -0.15) is 0 Å². The Kier molecular flexibility index (Phi) is 3.77. The molecule has 3 nitrogen and oxygen atoms in total. The van der Waals surface area contributed by atoms with Crippen LogP contribution >= 0.6 is 0 Å². The van der Waals surface area contributed by atoms with Crippen molar-refractivity contribution in [2.24, 2.45) is 5.73 Å². The molecule has 96 valence electrons. The molecule has 0 amide bonds. The van der Waals surface area contributed by atoms with Crippen LogP contribution in [0.15, 0.2) is 36.7 Å². The van der Waals surface area contributed by atoms with Gasteiger partial charge in [-0.05, 0) is 17.7 Å². The van der Waals surface area contributed by atoms with E-state index in [-0.39, 0.29) is 11.9 Å². The van der Waals surface area contributed by atoms with Crippen LogP contribution in [0.5, 0.6) is 0 Å². The van der Waals surface area contributed by atoms with Crippen LogP contribution in [0, 0.1) is 5.82 Å². The number of nitrogens with zero attached hydrogens (tertiary/aromatic N) is 2. The number of hydrogen-bond donors (Lipinski definition) is 1. The number of imidazole rings is 1. The van der Waals surface area contributed by atoms with Crippen molar-refractivity contribution in [2.45, 2.75) is 25.8 Å². The molecule has 0 saturated carbocycles. The second kappa shape index (κ2) is 5.31. The molecule has 0 spiro atoms. The minimum absolute atomic E-state index is 0.0689. The van der Waals surface area contributed by atoms with E-state index in [0.717, 1.165) is 11.4 Å². The van der Waals surface area contributed by atoms with Crippen molar-refractivity contribution in [1.82, 2.24) is 9.55 Å². The van der Waals surface area contributed by atoms with E-state index in [1.807, 2.05) is 16.8 Å². The maximum atomic E-state index is 13.3. The minimum Gasteiger partial charge on any atom is -0.328 e. The van der Waals surface area contributed by atoms with Crippen LogP contribution < -0.4 is 5.73 Å². The quantitative estimate of drug-likeness (QED) is 0.902. The van der Waals surface area contributed by atoms with Crippen molar-refractivity contribution >= 4 is 0 Å². The summed E-state index contributed by atoms with van der Waals surface area (Å²) in [6.45, 7) is 4.58. The zero-order chi connectivity index (χ0) is 13.1. The lowest BCUT2D eigenvalue weighted by molar-refractivity contribution is 0.542. The second-order valence-electron chi connectivity index (χ2n) is 4.65. The first-order valence-electron chi connectivity index (χ1n) is 6.11. The Bertz CT molecular complexity index is 519.